The van der Waals surface area contributed by atoms with E-state index < -0.39 is 0 Å². The van der Waals surface area contributed by atoms with Crippen LogP contribution in [-0.4, -0.2) is 9.55 Å². The molecule has 2 aromatic rings. The molecule has 20 heavy (non-hydrogen) atoms. The van der Waals surface area contributed by atoms with Gasteiger partial charge in [-0.1, -0.05) is 26.8 Å². The summed E-state index contributed by atoms with van der Waals surface area (Å²) in [6, 6.07) is 8.84. The SMILES string of the molecule is Cn1c(C(C)(C)C)nc2ccc(C3(C#N)CCC3)cc21. The van der Waals surface area contributed by atoms with Crippen LogP contribution < -0.4 is 0 Å². The first-order valence-electron chi connectivity index (χ1n) is 7.26. The highest BCUT2D eigenvalue weighted by Gasteiger charge is 2.39. The molecule has 0 aliphatic heterocycles. The summed E-state index contributed by atoms with van der Waals surface area (Å²) < 4.78 is 2.17. The minimum atomic E-state index is -0.250. The molecule has 0 saturated heterocycles. The Hall–Kier alpha value is -1.82. The largest absolute Gasteiger partial charge is 0.331 e. The average molecular weight is 267 g/mol. The van der Waals surface area contributed by atoms with Gasteiger partial charge in [0.25, 0.3) is 0 Å². The maximum atomic E-state index is 9.49. The fourth-order valence-corrected chi connectivity index (χ4v) is 3.15. The molecule has 1 fully saturated rings. The van der Waals surface area contributed by atoms with Crippen molar-refractivity contribution in [2.45, 2.75) is 50.9 Å². The maximum absolute atomic E-state index is 9.49. The first kappa shape index (κ1) is 13.2. The van der Waals surface area contributed by atoms with Gasteiger partial charge >= 0.3 is 0 Å². The normalized spacial score (nSPS) is 17.8. The van der Waals surface area contributed by atoms with Gasteiger partial charge in [0, 0.05) is 12.5 Å². The van der Waals surface area contributed by atoms with E-state index in [9.17, 15) is 5.26 Å². The minimum absolute atomic E-state index is 0.0251. The molecule has 3 rings (SSSR count). The van der Waals surface area contributed by atoms with E-state index in [1.807, 2.05) is 0 Å². The van der Waals surface area contributed by atoms with Gasteiger partial charge in [-0.2, -0.15) is 5.26 Å². The smallest absolute Gasteiger partial charge is 0.115 e. The molecule has 104 valence electrons. The lowest BCUT2D eigenvalue weighted by atomic mass is 9.65. The van der Waals surface area contributed by atoms with Crippen molar-refractivity contribution in [3.8, 4) is 6.07 Å². The lowest BCUT2D eigenvalue weighted by Crippen LogP contribution is -2.32. The highest BCUT2D eigenvalue weighted by Crippen LogP contribution is 2.43. The first-order valence-corrected chi connectivity index (χ1v) is 7.26. The quantitative estimate of drug-likeness (QED) is 0.788. The number of hydrogen-bond donors (Lipinski definition) is 0. The zero-order valence-corrected chi connectivity index (χ0v) is 12.7. The Morgan fingerprint density at radius 1 is 1.30 bits per heavy atom. The van der Waals surface area contributed by atoms with Crippen LogP contribution in [0, 0.1) is 11.3 Å². The molecule has 0 radical (unpaired) electrons. The van der Waals surface area contributed by atoms with E-state index in [1.54, 1.807) is 0 Å². The van der Waals surface area contributed by atoms with Gasteiger partial charge in [0.15, 0.2) is 0 Å². The number of fused-ring (bicyclic) bond motifs is 1. The molecule has 1 saturated carbocycles. The van der Waals surface area contributed by atoms with Crippen LogP contribution in [-0.2, 0) is 17.9 Å². The molecule has 0 atom stereocenters. The Morgan fingerprint density at radius 3 is 2.50 bits per heavy atom. The molecule has 0 bridgehead atoms. The van der Waals surface area contributed by atoms with E-state index in [-0.39, 0.29) is 10.8 Å². The molecular weight excluding hydrogens is 246 g/mol. The summed E-state index contributed by atoms with van der Waals surface area (Å²) in [7, 11) is 2.07. The van der Waals surface area contributed by atoms with Crippen molar-refractivity contribution < 1.29 is 0 Å². The molecule has 1 heterocycles. The minimum Gasteiger partial charge on any atom is -0.331 e. The Bertz CT molecular complexity index is 706. The van der Waals surface area contributed by atoms with Gasteiger partial charge in [-0.05, 0) is 37.0 Å². The molecular formula is C17H21N3. The molecule has 1 aliphatic carbocycles. The van der Waals surface area contributed by atoms with E-state index in [4.69, 9.17) is 4.98 Å². The second-order valence-corrected chi connectivity index (χ2v) is 7.00. The van der Waals surface area contributed by atoms with Gasteiger partial charge in [0.2, 0.25) is 0 Å². The van der Waals surface area contributed by atoms with E-state index in [0.717, 1.165) is 41.7 Å². The monoisotopic (exact) mass is 267 g/mol. The van der Waals surface area contributed by atoms with Gasteiger partial charge in [-0.3, -0.25) is 0 Å². The third-order valence-corrected chi connectivity index (χ3v) is 4.53. The van der Waals surface area contributed by atoms with E-state index in [2.05, 4.69) is 56.7 Å². The topological polar surface area (TPSA) is 41.6 Å². The van der Waals surface area contributed by atoms with Crippen molar-refractivity contribution in [1.29, 1.82) is 5.26 Å². The third-order valence-electron chi connectivity index (χ3n) is 4.53. The van der Waals surface area contributed by atoms with Crippen LogP contribution in [0.4, 0.5) is 0 Å². The van der Waals surface area contributed by atoms with Crippen LogP contribution in [0.5, 0.6) is 0 Å². The molecule has 0 N–H and O–H groups in total. The van der Waals surface area contributed by atoms with Crippen LogP contribution in [0.3, 0.4) is 0 Å². The van der Waals surface area contributed by atoms with Crippen molar-refractivity contribution in [3.05, 3.63) is 29.6 Å². The Morgan fingerprint density at radius 2 is 2.00 bits per heavy atom. The summed E-state index contributed by atoms with van der Waals surface area (Å²) in [5.74, 6) is 1.09. The van der Waals surface area contributed by atoms with E-state index in [0.29, 0.717) is 0 Å². The fourth-order valence-electron chi connectivity index (χ4n) is 3.15. The molecule has 1 aromatic heterocycles. The zero-order chi connectivity index (χ0) is 14.5. The Balaban J connectivity index is 2.17. The van der Waals surface area contributed by atoms with Crippen molar-refractivity contribution in [1.82, 2.24) is 9.55 Å². The van der Waals surface area contributed by atoms with Crippen LogP contribution >= 0.6 is 0 Å². The summed E-state index contributed by atoms with van der Waals surface area (Å²) in [6.07, 6.45) is 3.13. The van der Waals surface area contributed by atoms with Crippen molar-refractivity contribution in [3.63, 3.8) is 0 Å². The molecule has 3 nitrogen and oxygen atoms in total. The van der Waals surface area contributed by atoms with Crippen LogP contribution in [0.15, 0.2) is 18.2 Å². The van der Waals surface area contributed by atoms with Crippen molar-refractivity contribution in [2.24, 2.45) is 7.05 Å². The summed E-state index contributed by atoms with van der Waals surface area (Å²) >= 11 is 0. The van der Waals surface area contributed by atoms with Crippen LogP contribution in [0.1, 0.15) is 51.4 Å². The standard InChI is InChI=1S/C17H21N3/c1-16(2,3)15-19-13-7-6-12(10-14(13)20(15)4)17(11-18)8-5-9-17/h6-7,10H,5,8-9H2,1-4H3. The number of rotatable bonds is 1. The number of benzene rings is 1. The summed E-state index contributed by atoms with van der Waals surface area (Å²) in [5.41, 5.74) is 3.09. The van der Waals surface area contributed by atoms with Crippen molar-refractivity contribution in [2.75, 3.05) is 0 Å². The second-order valence-electron chi connectivity index (χ2n) is 7.00. The predicted molar refractivity (Wildman–Crippen MR) is 80.6 cm³/mol. The lowest BCUT2D eigenvalue weighted by molar-refractivity contribution is 0.324. The molecule has 0 unspecified atom stereocenters. The predicted octanol–water partition coefficient (Wildman–Crippen LogP) is 3.82. The number of aromatic nitrogens is 2. The number of nitrogens with zero attached hydrogens (tertiary/aromatic N) is 3. The third kappa shape index (κ3) is 1.75. The van der Waals surface area contributed by atoms with Gasteiger partial charge in [0.05, 0.1) is 22.5 Å². The molecule has 1 aliphatic rings. The Kier molecular flexibility index (Phi) is 2.69. The number of aryl methyl sites for hydroxylation is 1. The Labute approximate surface area is 120 Å². The zero-order valence-electron chi connectivity index (χ0n) is 12.7. The number of nitriles is 1. The summed E-state index contributed by atoms with van der Waals surface area (Å²) in [4.78, 5) is 4.76. The van der Waals surface area contributed by atoms with Crippen LogP contribution in [0.25, 0.3) is 11.0 Å². The molecule has 1 aromatic carbocycles. The van der Waals surface area contributed by atoms with E-state index in [1.165, 1.54) is 0 Å². The summed E-state index contributed by atoms with van der Waals surface area (Å²) in [5, 5.41) is 9.49. The second kappa shape index (κ2) is 4.09. The fraction of sp³-hybridized carbons (Fsp3) is 0.529. The lowest BCUT2D eigenvalue weighted by Gasteiger charge is -2.35. The average Bonchev–Trinajstić information content (AvgIpc) is 2.66. The van der Waals surface area contributed by atoms with Crippen molar-refractivity contribution >= 4 is 11.0 Å². The van der Waals surface area contributed by atoms with Crippen LogP contribution in [0.2, 0.25) is 0 Å². The number of imidazole rings is 1. The molecule has 3 heteroatoms. The highest BCUT2D eigenvalue weighted by molar-refractivity contribution is 5.77. The summed E-state index contributed by atoms with van der Waals surface area (Å²) in [6.45, 7) is 6.54. The van der Waals surface area contributed by atoms with Gasteiger partial charge < -0.3 is 4.57 Å². The number of hydrogen-bond acceptors (Lipinski definition) is 2. The van der Waals surface area contributed by atoms with Gasteiger partial charge in [0.1, 0.15) is 5.82 Å². The molecule has 0 spiro atoms. The van der Waals surface area contributed by atoms with E-state index >= 15 is 0 Å². The molecule has 0 amide bonds. The van der Waals surface area contributed by atoms with Gasteiger partial charge in [-0.25, -0.2) is 4.98 Å². The maximum Gasteiger partial charge on any atom is 0.115 e. The first-order chi connectivity index (χ1) is 9.37. The highest BCUT2D eigenvalue weighted by atomic mass is 15.1. The van der Waals surface area contributed by atoms with Gasteiger partial charge in [-0.15, -0.1) is 0 Å².